The Morgan fingerprint density at radius 3 is 2.70 bits per heavy atom. The van der Waals surface area contributed by atoms with Crippen LogP contribution in [0.1, 0.15) is 39.9 Å². The van der Waals surface area contributed by atoms with Gasteiger partial charge in [0, 0.05) is 29.8 Å². The molecule has 5 heteroatoms. The standard InChI is InChI=1S/C15H16F2N2S/c16-11-4-9(5-12(17)7-11)6-14-19-15-10(8-18)2-1-3-13(15)20-14/h4-5,7,10H,1-3,6,8,18H2. The summed E-state index contributed by atoms with van der Waals surface area (Å²) in [6, 6.07) is 3.62. The van der Waals surface area contributed by atoms with E-state index < -0.39 is 11.6 Å². The van der Waals surface area contributed by atoms with E-state index >= 15 is 0 Å². The number of fused-ring (bicyclic) bond motifs is 1. The number of benzene rings is 1. The lowest BCUT2D eigenvalue weighted by Gasteiger charge is -2.18. The highest BCUT2D eigenvalue weighted by Gasteiger charge is 2.23. The highest BCUT2D eigenvalue weighted by Crippen LogP contribution is 2.34. The molecule has 2 aromatic rings. The molecular weight excluding hydrogens is 278 g/mol. The van der Waals surface area contributed by atoms with Gasteiger partial charge in [-0.3, -0.25) is 0 Å². The summed E-state index contributed by atoms with van der Waals surface area (Å²) in [4.78, 5) is 5.94. The summed E-state index contributed by atoms with van der Waals surface area (Å²) in [6.45, 7) is 0.616. The fraction of sp³-hybridized carbons (Fsp3) is 0.400. The van der Waals surface area contributed by atoms with Crippen molar-refractivity contribution in [1.82, 2.24) is 4.98 Å². The molecular formula is C15H16F2N2S. The van der Waals surface area contributed by atoms with Crippen molar-refractivity contribution in [2.24, 2.45) is 5.73 Å². The van der Waals surface area contributed by atoms with Crippen molar-refractivity contribution < 1.29 is 8.78 Å². The predicted molar refractivity (Wildman–Crippen MR) is 76.0 cm³/mol. The van der Waals surface area contributed by atoms with Crippen LogP contribution in [0.2, 0.25) is 0 Å². The van der Waals surface area contributed by atoms with Crippen LogP contribution in [0.25, 0.3) is 0 Å². The first-order valence-corrected chi connectivity index (χ1v) is 7.61. The van der Waals surface area contributed by atoms with E-state index in [4.69, 9.17) is 5.73 Å². The minimum Gasteiger partial charge on any atom is -0.330 e. The van der Waals surface area contributed by atoms with Gasteiger partial charge in [0.1, 0.15) is 11.6 Å². The number of halogens is 2. The number of rotatable bonds is 3. The first kappa shape index (κ1) is 13.6. The van der Waals surface area contributed by atoms with Gasteiger partial charge in [0.05, 0.1) is 10.7 Å². The van der Waals surface area contributed by atoms with Gasteiger partial charge in [-0.2, -0.15) is 0 Å². The zero-order valence-corrected chi connectivity index (χ0v) is 11.9. The minimum absolute atomic E-state index is 0.341. The lowest BCUT2D eigenvalue weighted by Crippen LogP contribution is -2.17. The number of aromatic nitrogens is 1. The number of nitrogens with zero attached hydrogens (tertiary/aromatic N) is 1. The summed E-state index contributed by atoms with van der Waals surface area (Å²) in [5, 5.41) is 0.917. The van der Waals surface area contributed by atoms with E-state index in [0.717, 1.165) is 36.0 Å². The minimum atomic E-state index is -0.541. The third-order valence-electron chi connectivity index (χ3n) is 3.68. The largest absolute Gasteiger partial charge is 0.330 e. The molecule has 1 aromatic carbocycles. The molecule has 1 heterocycles. The van der Waals surface area contributed by atoms with Crippen molar-refractivity contribution in [2.75, 3.05) is 6.54 Å². The zero-order chi connectivity index (χ0) is 14.1. The molecule has 1 aliphatic carbocycles. The van der Waals surface area contributed by atoms with Crippen molar-refractivity contribution in [1.29, 1.82) is 0 Å². The molecule has 0 saturated heterocycles. The predicted octanol–water partition coefficient (Wildman–Crippen LogP) is 3.39. The highest BCUT2D eigenvalue weighted by atomic mass is 32.1. The van der Waals surface area contributed by atoms with Crippen LogP contribution in [0.3, 0.4) is 0 Å². The van der Waals surface area contributed by atoms with Crippen LogP contribution < -0.4 is 5.73 Å². The average molecular weight is 294 g/mol. The normalized spacial score (nSPS) is 18.1. The van der Waals surface area contributed by atoms with Gasteiger partial charge in [-0.25, -0.2) is 13.8 Å². The topological polar surface area (TPSA) is 38.9 Å². The molecule has 1 atom stereocenters. The Balaban J connectivity index is 1.86. The Hall–Kier alpha value is -1.33. The van der Waals surface area contributed by atoms with E-state index in [1.54, 1.807) is 11.3 Å². The molecule has 0 aliphatic heterocycles. The van der Waals surface area contributed by atoms with Crippen molar-refractivity contribution in [3.8, 4) is 0 Å². The molecule has 0 saturated carbocycles. The summed E-state index contributed by atoms with van der Waals surface area (Å²) in [5.74, 6) is -0.740. The number of hydrogen-bond acceptors (Lipinski definition) is 3. The van der Waals surface area contributed by atoms with Gasteiger partial charge in [0.15, 0.2) is 0 Å². The number of hydrogen-bond donors (Lipinski definition) is 1. The Labute approximate surface area is 120 Å². The first-order valence-electron chi connectivity index (χ1n) is 6.79. The molecule has 1 aliphatic rings. The molecule has 0 bridgehead atoms. The number of thiazole rings is 1. The van der Waals surface area contributed by atoms with Gasteiger partial charge in [0.2, 0.25) is 0 Å². The average Bonchev–Trinajstić information content (AvgIpc) is 2.79. The summed E-state index contributed by atoms with van der Waals surface area (Å²) < 4.78 is 26.4. The lowest BCUT2D eigenvalue weighted by molar-refractivity contribution is 0.553. The van der Waals surface area contributed by atoms with Crippen LogP contribution in [0, 0.1) is 11.6 Å². The van der Waals surface area contributed by atoms with Crippen molar-refractivity contribution in [2.45, 2.75) is 31.6 Å². The van der Waals surface area contributed by atoms with Gasteiger partial charge in [0.25, 0.3) is 0 Å². The van der Waals surface area contributed by atoms with Crippen LogP contribution in [0.5, 0.6) is 0 Å². The quantitative estimate of drug-likeness (QED) is 0.942. The second kappa shape index (κ2) is 5.58. The molecule has 0 radical (unpaired) electrons. The third kappa shape index (κ3) is 2.74. The Morgan fingerprint density at radius 1 is 1.25 bits per heavy atom. The van der Waals surface area contributed by atoms with Crippen LogP contribution in [-0.2, 0) is 12.8 Å². The monoisotopic (exact) mass is 294 g/mol. The SMILES string of the molecule is NCC1CCCc2sc(Cc3cc(F)cc(F)c3)nc21. The smallest absolute Gasteiger partial charge is 0.126 e. The molecule has 1 unspecified atom stereocenters. The fourth-order valence-corrected chi connectivity index (χ4v) is 3.98. The Kier molecular flexibility index (Phi) is 3.81. The molecule has 1 aromatic heterocycles. The fourth-order valence-electron chi connectivity index (χ4n) is 2.75. The van der Waals surface area contributed by atoms with E-state index in [-0.39, 0.29) is 0 Å². The van der Waals surface area contributed by atoms with Gasteiger partial charge >= 0.3 is 0 Å². The Bertz CT molecular complexity index is 604. The first-order chi connectivity index (χ1) is 9.65. The summed E-state index contributed by atoms with van der Waals surface area (Å²) in [7, 11) is 0. The summed E-state index contributed by atoms with van der Waals surface area (Å²) >= 11 is 1.65. The van der Waals surface area contributed by atoms with Crippen molar-refractivity contribution in [3.05, 3.63) is 51.0 Å². The van der Waals surface area contributed by atoms with Gasteiger partial charge in [-0.1, -0.05) is 0 Å². The molecule has 2 N–H and O–H groups in total. The summed E-state index contributed by atoms with van der Waals surface area (Å²) in [5.41, 5.74) is 7.52. The molecule has 20 heavy (non-hydrogen) atoms. The molecule has 0 fully saturated rings. The van der Waals surface area contributed by atoms with E-state index in [1.807, 2.05) is 0 Å². The molecule has 0 spiro atoms. The number of nitrogens with two attached hydrogens (primary N) is 1. The number of aryl methyl sites for hydroxylation is 1. The van der Waals surface area contributed by atoms with E-state index in [0.29, 0.717) is 24.4 Å². The second-order valence-electron chi connectivity index (χ2n) is 5.20. The van der Waals surface area contributed by atoms with Gasteiger partial charge in [-0.15, -0.1) is 11.3 Å². The maximum atomic E-state index is 13.2. The third-order valence-corrected chi connectivity index (χ3v) is 4.81. The van der Waals surface area contributed by atoms with Gasteiger partial charge in [-0.05, 0) is 37.0 Å². The zero-order valence-electron chi connectivity index (χ0n) is 11.0. The van der Waals surface area contributed by atoms with Crippen LogP contribution in [0.15, 0.2) is 18.2 Å². The maximum Gasteiger partial charge on any atom is 0.126 e. The maximum absolute atomic E-state index is 13.2. The molecule has 2 nitrogen and oxygen atoms in total. The molecule has 0 amide bonds. The van der Waals surface area contributed by atoms with Crippen LogP contribution in [0.4, 0.5) is 8.78 Å². The second-order valence-corrected chi connectivity index (χ2v) is 6.36. The molecule has 3 rings (SSSR count). The van der Waals surface area contributed by atoms with Crippen molar-refractivity contribution in [3.63, 3.8) is 0 Å². The van der Waals surface area contributed by atoms with Crippen LogP contribution in [-0.4, -0.2) is 11.5 Å². The van der Waals surface area contributed by atoms with Crippen LogP contribution >= 0.6 is 11.3 Å². The Morgan fingerprint density at radius 2 is 2.00 bits per heavy atom. The highest BCUT2D eigenvalue weighted by molar-refractivity contribution is 7.11. The van der Waals surface area contributed by atoms with E-state index in [9.17, 15) is 8.78 Å². The van der Waals surface area contributed by atoms with Crippen molar-refractivity contribution >= 4 is 11.3 Å². The lowest BCUT2D eigenvalue weighted by atomic mass is 9.91. The molecule has 106 valence electrons. The summed E-state index contributed by atoms with van der Waals surface area (Å²) in [6.07, 6.45) is 3.75. The van der Waals surface area contributed by atoms with E-state index in [2.05, 4.69) is 4.98 Å². The van der Waals surface area contributed by atoms with Gasteiger partial charge < -0.3 is 5.73 Å². The van der Waals surface area contributed by atoms with E-state index in [1.165, 1.54) is 17.0 Å².